The summed E-state index contributed by atoms with van der Waals surface area (Å²) in [5.74, 6) is -0.793. The summed E-state index contributed by atoms with van der Waals surface area (Å²) in [5, 5.41) is 41.4. The number of rotatable bonds is 5. The Bertz CT molecular complexity index is 1110. The summed E-state index contributed by atoms with van der Waals surface area (Å²) in [5.41, 5.74) is -1.77. The number of nitrogens with one attached hydrogen (secondary N) is 1. The highest BCUT2D eigenvalue weighted by Crippen LogP contribution is 2.36. The Morgan fingerprint density at radius 1 is 1.07 bits per heavy atom. The van der Waals surface area contributed by atoms with Crippen LogP contribution in [0.15, 0.2) is 48.5 Å². The van der Waals surface area contributed by atoms with Gasteiger partial charge in [0.1, 0.15) is 11.4 Å². The number of aliphatic hydroxyl groups is 3. The lowest BCUT2D eigenvalue weighted by Crippen LogP contribution is -2.47. The molecule has 8 nitrogen and oxygen atoms in total. The molecular formula is C20H24N2O6S. The van der Waals surface area contributed by atoms with E-state index in [4.69, 9.17) is 0 Å². The van der Waals surface area contributed by atoms with Crippen molar-refractivity contribution in [3.05, 3.63) is 54.1 Å². The third-order valence-corrected chi connectivity index (χ3v) is 6.36. The Balaban J connectivity index is 1.94. The van der Waals surface area contributed by atoms with Crippen molar-refractivity contribution in [2.45, 2.75) is 38.4 Å². The van der Waals surface area contributed by atoms with Crippen molar-refractivity contribution in [1.29, 1.82) is 0 Å². The van der Waals surface area contributed by atoms with Gasteiger partial charge in [0.25, 0.3) is 0 Å². The summed E-state index contributed by atoms with van der Waals surface area (Å²) < 4.78 is 26.9. The molecule has 1 aliphatic rings. The van der Waals surface area contributed by atoms with E-state index < -0.39 is 27.3 Å². The first-order valence-electron chi connectivity index (χ1n) is 8.91. The van der Waals surface area contributed by atoms with Crippen LogP contribution in [-0.4, -0.2) is 40.0 Å². The van der Waals surface area contributed by atoms with Crippen molar-refractivity contribution >= 4 is 32.7 Å². The normalized spacial score (nSPS) is 18.7. The molecule has 0 aromatic heterocycles. The maximum Gasteiger partial charge on any atom is 0.330 e. The van der Waals surface area contributed by atoms with Gasteiger partial charge in [0.15, 0.2) is 0 Å². The zero-order valence-corrected chi connectivity index (χ0v) is 17.1. The standard InChI is InChI=1S/C20H24N2O6S/c1-19(2,25)20(3,26)8-4-5-13-6-7-14-11-17(23)16(10-15(14)9-13)22-12-18(24)21-29(22,27)28/h4-7,9-12,21,23-26H,8H2,1-3H3. The van der Waals surface area contributed by atoms with Crippen molar-refractivity contribution in [1.82, 2.24) is 4.72 Å². The average molecular weight is 420 g/mol. The number of hydrogen-bond donors (Lipinski definition) is 5. The van der Waals surface area contributed by atoms with Gasteiger partial charge < -0.3 is 20.4 Å². The summed E-state index contributed by atoms with van der Waals surface area (Å²) in [6.45, 7) is 4.64. The second-order valence-electron chi connectivity index (χ2n) is 7.80. The third kappa shape index (κ3) is 4.16. The van der Waals surface area contributed by atoms with Crippen LogP contribution < -0.4 is 9.03 Å². The Hall–Kier alpha value is -2.75. The molecule has 0 saturated heterocycles. The van der Waals surface area contributed by atoms with Crippen LogP contribution in [0, 0.1) is 0 Å². The smallest absolute Gasteiger partial charge is 0.330 e. The molecule has 3 rings (SSSR count). The van der Waals surface area contributed by atoms with Crippen molar-refractivity contribution in [2.24, 2.45) is 0 Å². The minimum atomic E-state index is -4.02. The molecule has 0 radical (unpaired) electrons. The molecule has 1 unspecified atom stereocenters. The lowest BCUT2D eigenvalue weighted by atomic mass is 9.85. The lowest BCUT2D eigenvalue weighted by molar-refractivity contribution is -0.117. The van der Waals surface area contributed by atoms with Crippen LogP contribution in [0.25, 0.3) is 16.8 Å². The fraction of sp³-hybridized carbons (Fsp3) is 0.300. The van der Waals surface area contributed by atoms with E-state index in [1.54, 1.807) is 45.1 Å². The van der Waals surface area contributed by atoms with Crippen LogP contribution in [0.5, 0.6) is 5.75 Å². The molecule has 0 saturated carbocycles. The molecule has 1 heterocycles. The van der Waals surface area contributed by atoms with Crippen molar-refractivity contribution < 1.29 is 28.8 Å². The maximum atomic E-state index is 12.1. The molecule has 0 amide bonds. The fourth-order valence-electron chi connectivity index (χ4n) is 2.83. The number of nitrogens with zero attached hydrogens (tertiary/aromatic N) is 1. The number of benzene rings is 2. The van der Waals surface area contributed by atoms with Crippen molar-refractivity contribution in [3.63, 3.8) is 0 Å². The Morgan fingerprint density at radius 2 is 1.76 bits per heavy atom. The molecule has 156 valence electrons. The molecule has 29 heavy (non-hydrogen) atoms. The fourth-order valence-corrected chi connectivity index (χ4v) is 3.89. The minimum Gasteiger partial charge on any atom is -0.506 e. The summed E-state index contributed by atoms with van der Waals surface area (Å²) in [7, 11) is -4.02. The van der Waals surface area contributed by atoms with Gasteiger partial charge in [-0.05, 0) is 61.7 Å². The monoisotopic (exact) mass is 420 g/mol. The highest BCUT2D eigenvalue weighted by atomic mass is 32.2. The summed E-state index contributed by atoms with van der Waals surface area (Å²) in [4.78, 5) is 0. The largest absolute Gasteiger partial charge is 0.506 e. The molecule has 0 aliphatic carbocycles. The zero-order chi connectivity index (χ0) is 21.6. The number of aromatic hydroxyl groups is 1. The molecule has 5 N–H and O–H groups in total. The average Bonchev–Trinajstić information content (AvgIpc) is 2.85. The second kappa shape index (κ2) is 6.94. The van der Waals surface area contributed by atoms with Gasteiger partial charge in [0.2, 0.25) is 5.88 Å². The number of phenolic OH excluding ortho intramolecular Hbond substituents is 1. The second-order valence-corrected chi connectivity index (χ2v) is 9.35. The topological polar surface area (TPSA) is 130 Å². The van der Waals surface area contributed by atoms with E-state index in [1.807, 2.05) is 10.8 Å². The Morgan fingerprint density at radius 3 is 2.34 bits per heavy atom. The van der Waals surface area contributed by atoms with Gasteiger partial charge in [-0.1, -0.05) is 24.3 Å². The zero-order valence-electron chi connectivity index (χ0n) is 16.3. The van der Waals surface area contributed by atoms with Crippen LogP contribution in [0.1, 0.15) is 32.8 Å². The SMILES string of the molecule is CC(C)(O)C(C)(O)CC=Cc1ccc2cc(O)c(N3C=C(O)NS3(=O)=O)cc2c1. The van der Waals surface area contributed by atoms with E-state index in [9.17, 15) is 28.8 Å². The van der Waals surface area contributed by atoms with E-state index in [1.165, 1.54) is 12.1 Å². The van der Waals surface area contributed by atoms with E-state index in [0.29, 0.717) is 10.8 Å². The van der Waals surface area contributed by atoms with Gasteiger partial charge in [-0.3, -0.25) is 0 Å². The number of anilines is 1. The van der Waals surface area contributed by atoms with Crippen molar-refractivity contribution in [3.8, 4) is 5.75 Å². The number of hydrogen-bond acceptors (Lipinski definition) is 6. The number of fused-ring (bicyclic) bond motifs is 1. The van der Waals surface area contributed by atoms with Crippen molar-refractivity contribution in [2.75, 3.05) is 4.31 Å². The highest BCUT2D eigenvalue weighted by Gasteiger charge is 2.36. The van der Waals surface area contributed by atoms with E-state index >= 15 is 0 Å². The van der Waals surface area contributed by atoms with E-state index in [0.717, 1.165) is 16.1 Å². The molecule has 9 heteroatoms. The molecule has 0 bridgehead atoms. The third-order valence-electron chi connectivity index (χ3n) is 5.07. The highest BCUT2D eigenvalue weighted by molar-refractivity contribution is 7.91. The quantitative estimate of drug-likeness (QED) is 0.505. The Labute approximate surface area is 169 Å². The molecule has 2 aromatic carbocycles. The van der Waals surface area contributed by atoms with Crippen LogP contribution in [0.3, 0.4) is 0 Å². The predicted molar refractivity (Wildman–Crippen MR) is 111 cm³/mol. The molecular weight excluding hydrogens is 396 g/mol. The minimum absolute atomic E-state index is 0.000132. The summed E-state index contributed by atoms with van der Waals surface area (Å²) in [6, 6.07) is 8.33. The van der Waals surface area contributed by atoms with E-state index in [2.05, 4.69) is 0 Å². The van der Waals surface area contributed by atoms with Gasteiger partial charge in [0, 0.05) is 0 Å². The van der Waals surface area contributed by atoms with Gasteiger partial charge >= 0.3 is 10.2 Å². The Kier molecular flexibility index (Phi) is 5.02. The molecule has 2 aromatic rings. The molecule has 1 aliphatic heterocycles. The molecule has 1 atom stereocenters. The molecule has 0 spiro atoms. The summed E-state index contributed by atoms with van der Waals surface area (Å²) in [6.07, 6.45) is 4.73. The van der Waals surface area contributed by atoms with Crippen LogP contribution >= 0.6 is 0 Å². The van der Waals surface area contributed by atoms with Gasteiger partial charge in [-0.2, -0.15) is 8.42 Å². The van der Waals surface area contributed by atoms with Crippen LogP contribution in [0.2, 0.25) is 0 Å². The van der Waals surface area contributed by atoms with Gasteiger partial charge in [-0.15, -0.1) is 0 Å². The van der Waals surface area contributed by atoms with Crippen LogP contribution in [0.4, 0.5) is 5.69 Å². The molecule has 0 fully saturated rings. The number of phenols is 1. The van der Waals surface area contributed by atoms with Crippen LogP contribution in [-0.2, 0) is 10.2 Å². The predicted octanol–water partition coefficient (Wildman–Crippen LogP) is 2.48. The van der Waals surface area contributed by atoms with E-state index in [-0.39, 0.29) is 17.9 Å². The first-order chi connectivity index (χ1) is 13.3. The number of aliphatic hydroxyl groups excluding tert-OH is 1. The first-order valence-corrected chi connectivity index (χ1v) is 10.4. The summed E-state index contributed by atoms with van der Waals surface area (Å²) >= 11 is 0. The van der Waals surface area contributed by atoms with Gasteiger partial charge in [-0.25, -0.2) is 9.03 Å². The maximum absolute atomic E-state index is 12.1. The van der Waals surface area contributed by atoms with Gasteiger partial charge in [0.05, 0.1) is 17.4 Å². The lowest BCUT2D eigenvalue weighted by Gasteiger charge is -2.34. The first kappa shape index (κ1) is 21.0.